The van der Waals surface area contributed by atoms with Gasteiger partial charge in [-0.2, -0.15) is 0 Å². The lowest BCUT2D eigenvalue weighted by molar-refractivity contribution is -0.172. The van der Waals surface area contributed by atoms with Crippen molar-refractivity contribution >= 4 is 46.6 Å². The van der Waals surface area contributed by atoms with Gasteiger partial charge in [0.15, 0.2) is 11.7 Å². The van der Waals surface area contributed by atoms with E-state index in [0.29, 0.717) is 51.8 Å². The first-order valence-electron chi connectivity index (χ1n) is 23.6. The second kappa shape index (κ2) is 19.0. The smallest absolute Gasteiger partial charge is 0.411 e. The van der Waals surface area contributed by atoms with Gasteiger partial charge in [0, 0.05) is 40.8 Å². The van der Waals surface area contributed by atoms with E-state index in [-0.39, 0.29) is 43.3 Å². The van der Waals surface area contributed by atoms with Gasteiger partial charge in [-0.1, -0.05) is 69.3 Å². The fourth-order valence-electron chi connectivity index (χ4n) is 10.4. The predicted octanol–water partition coefficient (Wildman–Crippen LogP) is 4.20. The van der Waals surface area contributed by atoms with E-state index in [0.717, 1.165) is 27.8 Å². The Morgan fingerprint density at radius 2 is 1.65 bits per heavy atom. The average Bonchev–Trinajstić information content (AvgIpc) is 3.88. The second-order valence-corrected chi connectivity index (χ2v) is 18.7. The lowest BCUT2D eigenvalue weighted by Crippen LogP contribution is -2.55. The van der Waals surface area contributed by atoms with Crippen LogP contribution in [0.5, 0.6) is 0 Å². The van der Waals surface area contributed by atoms with E-state index in [4.69, 9.17) is 19.2 Å². The molecule has 5 aromatic rings. The molecular weight excluding hydrogens is 918 g/mol. The van der Waals surface area contributed by atoms with E-state index in [1.165, 1.54) is 29.5 Å². The van der Waals surface area contributed by atoms with E-state index < -0.39 is 90.0 Å². The molecule has 71 heavy (non-hydrogen) atoms. The molecule has 19 heteroatoms. The number of carbonyl (C=O) groups is 6. The third kappa shape index (κ3) is 8.55. The van der Waals surface area contributed by atoms with Crippen LogP contribution in [0.25, 0.3) is 33.4 Å². The molecule has 18 nitrogen and oxygen atoms in total. The van der Waals surface area contributed by atoms with Gasteiger partial charge < -0.3 is 45.2 Å². The van der Waals surface area contributed by atoms with Crippen LogP contribution in [-0.4, -0.2) is 94.3 Å². The standard InChI is InChI=1S/C52H54FN7O11/c1-7-52(68)35-18-39-44-33(21-60(39)49(65)34(35)22-70-50(52)66)43-37(17-16-28-26(4)36(53)19-38(58-44)42(28)43)57-41(62)23-69-24-55-40(61)20-54-47(63)27(5)56-48(64)45(25(2)3)59(6)51(67)71-46-31-14-10-8-12-29(31)30-13-9-11-15-32(30)46/h8-15,18-19,25,27,37,45-46,68H,7,16-17,20-24H2,1-6H3,(H,54,63)(H,55,61)(H,56,64)(H,57,62)/t27-,37-,45-,52-/m0/s1. The second-order valence-electron chi connectivity index (χ2n) is 18.7. The Kier molecular flexibility index (Phi) is 13.0. The summed E-state index contributed by atoms with van der Waals surface area (Å²) < 4.78 is 33.5. The first-order valence-corrected chi connectivity index (χ1v) is 23.6. The number of esters is 1. The van der Waals surface area contributed by atoms with Crippen molar-refractivity contribution in [3.8, 4) is 22.5 Å². The monoisotopic (exact) mass is 971 g/mol. The normalized spacial score (nSPS) is 18.0. The number of amides is 5. The van der Waals surface area contributed by atoms with Crippen molar-refractivity contribution in [2.75, 3.05) is 26.9 Å². The van der Waals surface area contributed by atoms with Gasteiger partial charge in [-0.15, -0.1) is 0 Å². The molecule has 370 valence electrons. The maximum Gasteiger partial charge on any atom is 0.411 e. The maximum absolute atomic E-state index is 15.3. The number of cyclic esters (lactones) is 1. The number of benzene rings is 3. The summed E-state index contributed by atoms with van der Waals surface area (Å²) in [5, 5.41) is 22.6. The number of aryl methyl sites for hydroxylation is 1. The number of likely N-dealkylation sites (N-methyl/N-ethyl adjacent to an activating group) is 1. The number of ether oxygens (including phenoxy) is 3. The predicted molar refractivity (Wildman–Crippen MR) is 255 cm³/mol. The van der Waals surface area contributed by atoms with Gasteiger partial charge in [-0.25, -0.2) is 19.0 Å². The largest absolute Gasteiger partial charge is 0.458 e. The van der Waals surface area contributed by atoms with E-state index in [9.17, 15) is 38.7 Å². The lowest BCUT2D eigenvalue weighted by atomic mass is 9.81. The summed E-state index contributed by atoms with van der Waals surface area (Å²) in [6, 6.07) is 15.5. The summed E-state index contributed by atoms with van der Waals surface area (Å²) in [5.41, 5.74) is 4.92. The van der Waals surface area contributed by atoms with Crippen LogP contribution >= 0.6 is 0 Å². The number of hydrogen-bond acceptors (Lipinski definition) is 12. The summed E-state index contributed by atoms with van der Waals surface area (Å²) >= 11 is 0. The molecule has 4 atom stereocenters. The molecule has 3 aromatic carbocycles. The zero-order valence-corrected chi connectivity index (χ0v) is 40.1. The minimum atomic E-state index is -2.04. The van der Waals surface area contributed by atoms with Crippen molar-refractivity contribution in [3.63, 3.8) is 0 Å². The molecular formula is C52H54FN7O11. The first-order chi connectivity index (χ1) is 33.9. The third-order valence-electron chi connectivity index (χ3n) is 14.1. The highest BCUT2D eigenvalue weighted by Crippen LogP contribution is 2.47. The molecule has 2 aromatic heterocycles. The van der Waals surface area contributed by atoms with Gasteiger partial charge in [0.05, 0.1) is 41.6 Å². The van der Waals surface area contributed by atoms with Crippen LogP contribution in [0.15, 0.2) is 65.5 Å². The number of carbonyl (C=O) groups excluding carboxylic acids is 6. The van der Waals surface area contributed by atoms with Crippen LogP contribution in [0, 0.1) is 18.7 Å². The summed E-state index contributed by atoms with van der Waals surface area (Å²) in [6.45, 7) is 6.72. The van der Waals surface area contributed by atoms with Gasteiger partial charge in [-0.3, -0.25) is 28.9 Å². The lowest BCUT2D eigenvalue weighted by Gasteiger charge is -2.31. The molecule has 0 saturated carbocycles. The number of pyridine rings is 2. The number of aromatic nitrogens is 2. The molecule has 2 aliphatic heterocycles. The summed E-state index contributed by atoms with van der Waals surface area (Å²) in [7, 11) is 1.47. The van der Waals surface area contributed by atoms with Crippen molar-refractivity contribution in [1.82, 2.24) is 35.7 Å². The highest BCUT2D eigenvalue weighted by atomic mass is 19.1. The Morgan fingerprint density at radius 3 is 2.32 bits per heavy atom. The Labute approximate surface area is 407 Å². The van der Waals surface area contributed by atoms with E-state index in [1.807, 2.05) is 48.5 Å². The number of halogens is 1. The Morgan fingerprint density at radius 1 is 0.958 bits per heavy atom. The van der Waals surface area contributed by atoms with Crippen molar-refractivity contribution in [2.24, 2.45) is 5.92 Å². The Hall–Kier alpha value is -7.51. The molecule has 0 radical (unpaired) electrons. The Bertz CT molecular complexity index is 3090. The molecule has 5 N–H and O–H groups in total. The minimum absolute atomic E-state index is 0.0375. The summed E-state index contributed by atoms with van der Waals surface area (Å²) in [4.78, 5) is 99.0. The molecule has 4 heterocycles. The van der Waals surface area contributed by atoms with Crippen LogP contribution in [0.2, 0.25) is 0 Å². The first kappa shape index (κ1) is 48.5. The molecule has 0 spiro atoms. The van der Waals surface area contributed by atoms with E-state index >= 15 is 4.39 Å². The van der Waals surface area contributed by atoms with E-state index in [1.54, 1.807) is 33.8 Å². The highest BCUT2D eigenvalue weighted by molar-refractivity contribution is 5.95. The molecule has 5 amide bonds. The van der Waals surface area contributed by atoms with Gasteiger partial charge in [0.1, 0.15) is 37.8 Å². The molecule has 4 aliphatic rings. The SMILES string of the molecule is CC[C@@]1(O)C(=O)OCc2c1cc1n(c2=O)Cc2c-1nc1cc(F)c(C)c3c1c2[C@@H](NC(=O)COCNC(=O)CNC(=O)[C@H](C)NC(=O)[C@H](C(C)C)N(C)C(=O)OC1c2ccccc2-c2ccccc21)CC3. The van der Waals surface area contributed by atoms with Gasteiger partial charge in [0.2, 0.25) is 23.6 Å². The number of aliphatic hydroxyl groups is 1. The van der Waals surface area contributed by atoms with Crippen molar-refractivity contribution in [3.05, 3.63) is 121 Å². The van der Waals surface area contributed by atoms with Crippen molar-refractivity contribution in [1.29, 1.82) is 0 Å². The zero-order valence-electron chi connectivity index (χ0n) is 40.1. The number of rotatable bonds is 14. The minimum Gasteiger partial charge on any atom is -0.458 e. The van der Waals surface area contributed by atoms with E-state index in [2.05, 4.69) is 21.3 Å². The topological polar surface area (TPSA) is 237 Å². The Balaban J connectivity index is 0.782. The third-order valence-corrected chi connectivity index (χ3v) is 14.1. The molecule has 0 saturated heterocycles. The highest BCUT2D eigenvalue weighted by Gasteiger charge is 2.46. The van der Waals surface area contributed by atoms with Crippen LogP contribution in [-0.2, 0) is 63.4 Å². The van der Waals surface area contributed by atoms with Crippen LogP contribution in [0.1, 0.15) is 97.2 Å². The van der Waals surface area contributed by atoms with Gasteiger partial charge in [0.25, 0.3) is 5.56 Å². The summed E-state index contributed by atoms with van der Waals surface area (Å²) in [5.74, 6) is -4.10. The molecule has 0 bridgehead atoms. The number of nitrogens with one attached hydrogen (secondary N) is 4. The van der Waals surface area contributed by atoms with Gasteiger partial charge in [-0.05, 0) is 72.9 Å². The number of hydrogen-bond donors (Lipinski definition) is 5. The molecule has 2 aliphatic carbocycles. The number of nitrogens with zero attached hydrogens (tertiary/aromatic N) is 3. The van der Waals surface area contributed by atoms with Crippen molar-refractivity contribution < 1.29 is 52.5 Å². The van der Waals surface area contributed by atoms with Crippen LogP contribution < -0.4 is 26.8 Å². The maximum atomic E-state index is 15.3. The fraction of sp³-hybridized carbons (Fsp3) is 0.385. The average molecular weight is 972 g/mol. The quantitative estimate of drug-likeness (QED) is 0.0587. The van der Waals surface area contributed by atoms with Crippen molar-refractivity contribution in [2.45, 2.75) is 96.9 Å². The van der Waals surface area contributed by atoms with Gasteiger partial charge >= 0.3 is 12.1 Å². The molecule has 9 rings (SSSR count). The van der Waals surface area contributed by atoms with Crippen LogP contribution in [0.4, 0.5) is 9.18 Å². The number of fused-ring (bicyclic) bond motifs is 8. The molecule has 0 unspecified atom stereocenters. The summed E-state index contributed by atoms with van der Waals surface area (Å²) in [6.07, 6.45) is -0.617. The zero-order chi connectivity index (χ0) is 50.6. The van der Waals surface area contributed by atoms with Crippen LogP contribution in [0.3, 0.4) is 0 Å². The fourth-order valence-corrected chi connectivity index (χ4v) is 10.4. The molecule has 0 fully saturated rings.